The molecule has 0 spiro atoms. The predicted octanol–water partition coefficient (Wildman–Crippen LogP) is 4.24. The Hall–Kier alpha value is -0.957. The van der Waals surface area contributed by atoms with E-state index in [1.54, 1.807) is 0 Å². The van der Waals surface area contributed by atoms with E-state index in [2.05, 4.69) is 0 Å². The van der Waals surface area contributed by atoms with Crippen molar-refractivity contribution in [3.8, 4) is 0 Å². The van der Waals surface area contributed by atoms with Crippen molar-refractivity contribution < 1.29 is 39.3 Å². The third-order valence-electron chi connectivity index (χ3n) is 1.89. The Morgan fingerprint density at radius 3 is 1.00 bits per heavy atom. The first kappa shape index (κ1) is 32.1. The fraction of sp³-hybridized carbons (Fsp3) is 0.500. The van der Waals surface area contributed by atoms with Crippen LogP contribution in [0.2, 0.25) is 0 Å². The van der Waals surface area contributed by atoms with Gasteiger partial charge in [-0.2, -0.15) is 0 Å². The molecule has 4 nitrogen and oxygen atoms in total. The van der Waals surface area contributed by atoms with Gasteiger partial charge in [-0.25, -0.2) is 0 Å². The van der Waals surface area contributed by atoms with Gasteiger partial charge < -0.3 is 25.1 Å². The number of aliphatic hydroxyl groups is 2. The first-order valence-electron chi connectivity index (χ1n) is 5.90. The van der Waals surface area contributed by atoms with Crippen molar-refractivity contribution in [1.82, 2.24) is 0 Å². The molecular weight excluding hydrogens is 357 g/mol. The van der Waals surface area contributed by atoms with Gasteiger partial charge in [-0.1, -0.05) is 27.7 Å². The van der Waals surface area contributed by atoms with Crippen LogP contribution in [0.25, 0.3) is 0 Å². The Morgan fingerprint density at radius 2 is 0.952 bits per heavy atom. The third-order valence-corrected chi connectivity index (χ3v) is 1.89. The van der Waals surface area contributed by atoms with E-state index in [0.717, 1.165) is 0 Å². The van der Waals surface area contributed by atoms with E-state index in [-0.39, 0.29) is 69.3 Å². The monoisotopic (exact) mass is 388 g/mol. The quantitative estimate of drug-likeness (QED) is 0.327. The van der Waals surface area contributed by atoms with Crippen LogP contribution in [0.5, 0.6) is 0 Å². The molecule has 0 saturated carbocycles. The minimum absolute atomic E-state index is 0. The van der Waals surface area contributed by atoms with Crippen LogP contribution in [-0.2, 0) is 29.1 Å². The molecular formula is C16H30O4Ru. The average Bonchev–Trinajstić information content (AvgIpc) is 2.16. The molecule has 21 heavy (non-hydrogen) atoms. The van der Waals surface area contributed by atoms with Crippen LogP contribution < -0.4 is 0 Å². The topological polar surface area (TPSA) is 74.6 Å². The van der Waals surface area contributed by atoms with Crippen LogP contribution in [0.15, 0.2) is 23.7 Å². The Balaban J connectivity index is -0.0000000711. The van der Waals surface area contributed by atoms with Crippen LogP contribution in [0.3, 0.4) is 0 Å². The van der Waals surface area contributed by atoms with E-state index in [0.29, 0.717) is 0 Å². The summed E-state index contributed by atoms with van der Waals surface area (Å²) in [6.45, 7) is 10.1. The molecule has 0 aliphatic rings. The molecule has 0 atom stereocenters. The molecule has 0 rings (SSSR count). The molecule has 0 aliphatic heterocycles. The summed E-state index contributed by atoms with van der Waals surface area (Å²) in [7, 11) is 0. The summed E-state index contributed by atoms with van der Waals surface area (Å²) in [5.41, 5.74) is 0. The number of carbonyl (C=O) groups is 2. The molecule has 0 saturated heterocycles. The fourth-order valence-corrected chi connectivity index (χ4v) is 0.750. The fourth-order valence-electron chi connectivity index (χ4n) is 0.750. The summed E-state index contributed by atoms with van der Waals surface area (Å²) < 4.78 is 0. The maximum Gasteiger partial charge on any atom is 2.00 e. The molecule has 2 N–H and O–H groups in total. The summed E-state index contributed by atoms with van der Waals surface area (Å²) in [5.74, 6) is 0.190. The molecule has 0 unspecified atom stereocenters. The smallest absolute Gasteiger partial charge is 0.512 e. The first-order valence-corrected chi connectivity index (χ1v) is 5.90. The molecule has 0 fully saturated rings. The second-order valence-electron chi connectivity index (χ2n) is 4.67. The van der Waals surface area contributed by atoms with E-state index in [4.69, 9.17) is 10.2 Å². The maximum atomic E-state index is 10.3. The molecule has 126 valence electrons. The normalized spacial score (nSPS) is 10.5. The van der Waals surface area contributed by atoms with Gasteiger partial charge in [-0.05, 0) is 13.8 Å². The largest absolute Gasteiger partial charge is 2.00 e. The van der Waals surface area contributed by atoms with Crippen LogP contribution in [0.1, 0.15) is 41.5 Å². The number of hydrogen-bond donors (Lipinski definition) is 2. The summed E-state index contributed by atoms with van der Waals surface area (Å²) in [6, 6.07) is 0. The van der Waals surface area contributed by atoms with Crippen LogP contribution in [-0.4, -0.2) is 21.8 Å². The van der Waals surface area contributed by atoms with Crippen molar-refractivity contribution >= 4 is 11.6 Å². The first-order chi connectivity index (χ1) is 8.07. The Bertz CT molecular complexity index is 308. The zero-order valence-electron chi connectivity index (χ0n) is 14.4. The minimum Gasteiger partial charge on any atom is -0.512 e. The van der Waals surface area contributed by atoms with Gasteiger partial charge in [0.2, 0.25) is 0 Å². The number of aliphatic hydroxyl groups excluding tert-OH is 2. The molecule has 0 bridgehead atoms. The molecule has 0 aromatic carbocycles. The summed E-state index contributed by atoms with van der Waals surface area (Å²) in [4.78, 5) is 20.6. The van der Waals surface area contributed by atoms with Crippen molar-refractivity contribution in [1.29, 1.82) is 0 Å². The summed E-state index contributed by atoms with van der Waals surface area (Å²) in [5, 5.41) is 17.9. The Labute approximate surface area is 143 Å². The van der Waals surface area contributed by atoms with Gasteiger partial charge in [0, 0.05) is 24.0 Å². The van der Waals surface area contributed by atoms with Crippen LogP contribution in [0.4, 0.5) is 0 Å². The molecule has 0 aromatic heterocycles. The Kier molecular flexibility index (Phi) is 26.1. The second-order valence-corrected chi connectivity index (χ2v) is 4.67. The van der Waals surface area contributed by atoms with Gasteiger partial charge in [-0.15, -0.1) is 0 Å². The third kappa shape index (κ3) is 24.4. The average molecular weight is 387 g/mol. The molecule has 0 heterocycles. The zero-order valence-corrected chi connectivity index (χ0v) is 16.1. The summed E-state index contributed by atoms with van der Waals surface area (Å²) in [6.07, 6.45) is 2.48. The van der Waals surface area contributed by atoms with Gasteiger partial charge >= 0.3 is 19.5 Å². The van der Waals surface area contributed by atoms with Crippen molar-refractivity contribution in [2.75, 3.05) is 0 Å². The van der Waals surface area contributed by atoms with E-state index >= 15 is 0 Å². The van der Waals surface area contributed by atoms with Crippen molar-refractivity contribution in [2.24, 2.45) is 11.8 Å². The number of allylic oxidation sites excluding steroid dienone is 4. The van der Waals surface area contributed by atoms with E-state index in [1.165, 1.54) is 26.0 Å². The van der Waals surface area contributed by atoms with Gasteiger partial charge in [0.25, 0.3) is 0 Å². The van der Waals surface area contributed by atoms with Crippen molar-refractivity contribution in [3.63, 3.8) is 0 Å². The number of rotatable bonds is 4. The van der Waals surface area contributed by atoms with Gasteiger partial charge in [-0.3, -0.25) is 9.59 Å². The van der Waals surface area contributed by atoms with Crippen LogP contribution in [0, 0.1) is 26.7 Å². The minimum atomic E-state index is -0.110. The SMILES string of the molecule is CC(=O)/C=C(\O)C(C)C.CC(=O)/C=C(\O)C(C)C.[CH3-].[CH3-].[Ru+2]. The van der Waals surface area contributed by atoms with E-state index < -0.39 is 0 Å². The maximum absolute atomic E-state index is 10.3. The Morgan fingerprint density at radius 1 is 0.762 bits per heavy atom. The van der Waals surface area contributed by atoms with E-state index in [9.17, 15) is 9.59 Å². The predicted molar refractivity (Wildman–Crippen MR) is 85.3 cm³/mol. The number of hydrogen-bond acceptors (Lipinski definition) is 4. The molecule has 0 amide bonds. The number of carbonyl (C=O) groups excluding carboxylic acids is 2. The van der Waals surface area contributed by atoms with Gasteiger partial charge in [0.15, 0.2) is 11.6 Å². The summed E-state index contributed by atoms with van der Waals surface area (Å²) >= 11 is 0. The van der Waals surface area contributed by atoms with Gasteiger partial charge in [0.1, 0.15) is 0 Å². The van der Waals surface area contributed by atoms with Crippen molar-refractivity contribution in [3.05, 3.63) is 38.5 Å². The second kappa shape index (κ2) is 17.1. The van der Waals surface area contributed by atoms with E-state index in [1.807, 2.05) is 27.7 Å². The number of ketones is 2. The van der Waals surface area contributed by atoms with Crippen LogP contribution >= 0.6 is 0 Å². The van der Waals surface area contributed by atoms with Crippen molar-refractivity contribution in [2.45, 2.75) is 41.5 Å². The molecule has 0 radical (unpaired) electrons. The molecule has 5 heteroatoms. The standard InChI is InChI=1S/2C7H12O2.2CH3.Ru/c2*1-5(2)7(9)4-6(3)8;;;/h2*4-5,9H,1-3H3;2*1H3;/q;;2*-1;+2/b2*7-4-;;;. The van der Waals surface area contributed by atoms with Gasteiger partial charge in [0.05, 0.1) is 11.5 Å². The zero-order chi connectivity index (χ0) is 14.9. The molecule has 0 aromatic rings. The molecule has 0 aliphatic carbocycles.